The van der Waals surface area contributed by atoms with Crippen LogP contribution in [0.15, 0.2) is 97.6 Å². The molecule has 0 bridgehead atoms. The summed E-state index contributed by atoms with van der Waals surface area (Å²) in [5, 5.41) is 26.1. The Kier molecular flexibility index (Phi) is 9.86. The number of carbonyl (C=O) groups is 1. The van der Waals surface area contributed by atoms with Crippen LogP contribution in [0.25, 0.3) is 0 Å². The maximum absolute atomic E-state index is 12.6. The second-order valence-corrected chi connectivity index (χ2v) is 11.7. The van der Waals surface area contributed by atoms with E-state index in [1.807, 2.05) is 42.5 Å². The van der Waals surface area contributed by atoms with Crippen molar-refractivity contribution in [2.75, 3.05) is 26.2 Å². The van der Waals surface area contributed by atoms with Gasteiger partial charge in [-0.05, 0) is 48.1 Å². The van der Waals surface area contributed by atoms with Crippen molar-refractivity contribution in [1.29, 1.82) is 0 Å². The molecule has 9 nitrogen and oxygen atoms in total. The molecule has 0 spiro atoms. The molecule has 226 valence electrons. The Bertz CT molecular complexity index is 1370. The normalized spacial score (nSPS) is 24.3. The Morgan fingerprint density at radius 2 is 1.77 bits per heavy atom. The smallest absolute Gasteiger partial charge is 0.407 e. The predicted octanol–water partition coefficient (Wildman–Crippen LogP) is 5.25. The lowest BCUT2D eigenvalue weighted by Gasteiger charge is -2.42. The van der Waals surface area contributed by atoms with Crippen molar-refractivity contribution in [3.8, 4) is 0 Å². The van der Waals surface area contributed by atoms with Gasteiger partial charge in [-0.1, -0.05) is 66.7 Å². The molecule has 0 radical (unpaired) electrons. The molecule has 2 N–H and O–H groups in total. The van der Waals surface area contributed by atoms with Crippen LogP contribution in [0.2, 0.25) is 0 Å². The van der Waals surface area contributed by atoms with Crippen molar-refractivity contribution in [3.63, 3.8) is 0 Å². The molecule has 43 heavy (non-hydrogen) atoms. The van der Waals surface area contributed by atoms with E-state index in [0.29, 0.717) is 12.1 Å². The number of nitro groups is 1. The first kappa shape index (κ1) is 30.4. The van der Waals surface area contributed by atoms with E-state index >= 15 is 0 Å². The number of ether oxygens (including phenoxy) is 1. The molecule has 1 amide bonds. The molecule has 0 aliphatic carbocycles. The number of hydrogen-bond donors (Lipinski definition) is 2. The van der Waals surface area contributed by atoms with Gasteiger partial charge in [0.2, 0.25) is 0 Å². The van der Waals surface area contributed by atoms with E-state index in [1.165, 1.54) is 17.7 Å². The number of likely N-dealkylation sites (tertiary alicyclic amines) is 2. The van der Waals surface area contributed by atoms with Crippen molar-refractivity contribution in [2.45, 2.75) is 50.1 Å². The number of nitrogens with one attached hydrogen (secondary N) is 1. The molecule has 5 rings (SSSR count). The molecule has 4 atom stereocenters. The third-order valence-corrected chi connectivity index (χ3v) is 8.71. The molecule has 2 fully saturated rings. The molecule has 0 aromatic heterocycles. The molecule has 3 aromatic rings. The Morgan fingerprint density at radius 1 is 1.07 bits per heavy atom. The Morgan fingerprint density at radius 3 is 2.44 bits per heavy atom. The maximum Gasteiger partial charge on any atom is 0.407 e. The third kappa shape index (κ3) is 7.67. The average molecular weight is 585 g/mol. The maximum atomic E-state index is 12.6. The SMILES string of the molecule is C=CCC1CC(NC(=O)OCc2ccc([N+](=O)[O-])cc2)CCN1CC1CN(Cc2ccccc2)CC1(O)c1ccccc1. The van der Waals surface area contributed by atoms with Gasteiger partial charge in [-0.2, -0.15) is 0 Å². The van der Waals surface area contributed by atoms with E-state index in [0.717, 1.165) is 51.0 Å². The first-order chi connectivity index (χ1) is 20.8. The summed E-state index contributed by atoms with van der Waals surface area (Å²) in [6, 6.07) is 26.5. The summed E-state index contributed by atoms with van der Waals surface area (Å²) in [5.41, 5.74) is 1.89. The number of rotatable bonds is 11. The molecule has 0 saturated carbocycles. The van der Waals surface area contributed by atoms with Crippen LogP contribution in [0.5, 0.6) is 0 Å². The first-order valence-corrected chi connectivity index (χ1v) is 14.9. The largest absolute Gasteiger partial charge is 0.445 e. The minimum Gasteiger partial charge on any atom is -0.445 e. The van der Waals surface area contributed by atoms with Crippen LogP contribution in [0.1, 0.15) is 36.0 Å². The van der Waals surface area contributed by atoms with Gasteiger partial charge in [0.25, 0.3) is 5.69 Å². The van der Waals surface area contributed by atoms with Crippen LogP contribution < -0.4 is 5.32 Å². The molecule has 2 saturated heterocycles. The van der Waals surface area contributed by atoms with Gasteiger partial charge in [0.05, 0.1) is 4.92 Å². The van der Waals surface area contributed by atoms with Gasteiger partial charge in [0.15, 0.2) is 0 Å². The number of alkyl carbamates (subject to hydrolysis) is 1. The lowest BCUT2D eigenvalue weighted by molar-refractivity contribution is -0.384. The summed E-state index contributed by atoms with van der Waals surface area (Å²) < 4.78 is 5.41. The van der Waals surface area contributed by atoms with Crippen LogP contribution in [0.3, 0.4) is 0 Å². The Balaban J connectivity index is 1.20. The van der Waals surface area contributed by atoms with E-state index in [9.17, 15) is 20.0 Å². The van der Waals surface area contributed by atoms with E-state index in [1.54, 1.807) is 12.1 Å². The monoisotopic (exact) mass is 584 g/mol. The third-order valence-electron chi connectivity index (χ3n) is 8.71. The van der Waals surface area contributed by atoms with Crippen molar-refractivity contribution >= 4 is 11.8 Å². The number of β-amino-alcohol motifs (C(OH)–C–C–N with tert-alkyl or cyclic N) is 1. The van der Waals surface area contributed by atoms with Crippen LogP contribution in [-0.4, -0.2) is 64.2 Å². The molecule has 2 aliphatic heterocycles. The van der Waals surface area contributed by atoms with Crippen LogP contribution in [0, 0.1) is 16.0 Å². The fourth-order valence-electron chi connectivity index (χ4n) is 6.48. The molecule has 9 heteroatoms. The summed E-state index contributed by atoms with van der Waals surface area (Å²) in [7, 11) is 0. The number of benzene rings is 3. The van der Waals surface area contributed by atoms with Gasteiger partial charge in [-0.25, -0.2) is 4.79 Å². The lowest BCUT2D eigenvalue weighted by Crippen LogP contribution is -2.52. The van der Waals surface area contributed by atoms with Crippen molar-refractivity contribution in [2.24, 2.45) is 5.92 Å². The Labute approximate surface area is 252 Å². The minimum absolute atomic E-state index is 0.00284. The molecular weight excluding hydrogens is 544 g/mol. The second-order valence-electron chi connectivity index (χ2n) is 11.7. The number of amides is 1. The molecule has 3 aromatic carbocycles. The number of carbonyl (C=O) groups excluding carboxylic acids is 1. The second kappa shape index (κ2) is 13.9. The average Bonchev–Trinajstić information content (AvgIpc) is 3.33. The van der Waals surface area contributed by atoms with Crippen molar-refractivity contribution in [1.82, 2.24) is 15.1 Å². The van der Waals surface area contributed by atoms with Gasteiger partial charge in [-0.15, -0.1) is 6.58 Å². The number of piperidine rings is 1. The Hall–Kier alpha value is -4.05. The fourth-order valence-corrected chi connectivity index (χ4v) is 6.48. The highest BCUT2D eigenvalue weighted by Crippen LogP contribution is 2.39. The number of hydrogen-bond acceptors (Lipinski definition) is 7. The van der Waals surface area contributed by atoms with E-state index in [4.69, 9.17) is 4.74 Å². The number of aliphatic hydroxyl groups is 1. The summed E-state index contributed by atoms with van der Waals surface area (Å²) in [6.07, 6.45) is 3.72. The highest BCUT2D eigenvalue weighted by atomic mass is 16.6. The van der Waals surface area contributed by atoms with Crippen molar-refractivity contribution < 1.29 is 19.6 Å². The predicted molar refractivity (Wildman–Crippen MR) is 165 cm³/mol. The molecular formula is C34H40N4O5. The lowest BCUT2D eigenvalue weighted by atomic mass is 9.82. The summed E-state index contributed by atoms with van der Waals surface area (Å²) in [4.78, 5) is 27.8. The van der Waals surface area contributed by atoms with Gasteiger partial charge < -0.3 is 15.2 Å². The number of non-ortho nitro benzene ring substituents is 1. The summed E-state index contributed by atoms with van der Waals surface area (Å²) in [6.45, 7) is 7.69. The molecule has 4 unspecified atom stereocenters. The van der Waals surface area contributed by atoms with Crippen LogP contribution >= 0.6 is 0 Å². The highest BCUT2D eigenvalue weighted by molar-refractivity contribution is 5.67. The highest BCUT2D eigenvalue weighted by Gasteiger charge is 2.47. The minimum atomic E-state index is -0.967. The molecule has 2 heterocycles. The van der Waals surface area contributed by atoms with E-state index < -0.39 is 16.6 Å². The summed E-state index contributed by atoms with van der Waals surface area (Å²) >= 11 is 0. The van der Waals surface area contributed by atoms with Gasteiger partial charge >= 0.3 is 6.09 Å². The zero-order chi connectivity index (χ0) is 30.2. The number of nitro benzene ring substituents is 1. The zero-order valence-corrected chi connectivity index (χ0v) is 24.4. The molecule has 2 aliphatic rings. The number of nitrogens with zero attached hydrogens (tertiary/aromatic N) is 3. The van der Waals surface area contributed by atoms with E-state index in [-0.39, 0.29) is 30.3 Å². The van der Waals surface area contributed by atoms with Gasteiger partial charge in [0.1, 0.15) is 12.2 Å². The standard InChI is InChI=1S/C34H40N4O5/c1-2-9-32-20-30(35-33(39)43-24-27-14-16-31(17-15-27)38(41)42)18-19-37(32)23-29-22-36(21-26-10-5-3-6-11-26)25-34(29,40)28-12-7-4-8-13-28/h2-8,10-17,29-30,32,40H,1,9,18-25H2,(H,35,39). The van der Waals surface area contributed by atoms with E-state index in [2.05, 4.69) is 46.0 Å². The van der Waals surface area contributed by atoms with Gasteiger partial charge in [0, 0.05) is 62.9 Å². The van der Waals surface area contributed by atoms with Crippen LogP contribution in [0.4, 0.5) is 10.5 Å². The van der Waals surface area contributed by atoms with Gasteiger partial charge in [-0.3, -0.25) is 19.9 Å². The fraction of sp³-hybridized carbons (Fsp3) is 0.382. The summed E-state index contributed by atoms with van der Waals surface area (Å²) in [5.74, 6) is 0.0158. The van der Waals surface area contributed by atoms with Crippen molar-refractivity contribution in [3.05, 3.63) is 124 Å². The zero-order valence-electron chi connectivity index (χ0n) is 24.4. The topological polar surface area (TPSA) is 108 Å². The quantitative estimate of drug-likeness (QED) is 0.180. The first-order valence-electron chi connectivity index (χ1n) is 14.9. The van der Waals surface area contributed by atoms with Crippen LogP contribution in [-0.2, 0) is 23.5 Å².